The SMILES string of the molecule is C1=CCCC(N(c2cccc3c2OC2C(c4ccccc4)=CC=CC32)c2ccc3ccc4c(N(c5ccccc5)c5cccc6c7c(oc56)C(c5ccccc5)CCC7)ccc5ccc2c3c54)=C1. The van der Waals surface area contributed by atoms with Crippen LogP contribution in [0.5, 0.6) is 5.75 Å². The third-order valence-corrected chi connectivity index (χ3v) is 15.1. The van der Waals surface area contributed by atoms with Gasteiger partial charge in [0.1, 0.15) is 17.6 Å². The second-order valence-electron chi connectivity index (χ2n) is 18.8. The highest BCUT2D eigenvalue weighted by atomic mass is 16.5. The first-order valence-electron chi connectivity index (χ1n) is 24.3. The van der Waals surface area contributed by atoms with Crippen molar-refractivity contribution in [3.8, 4) is 5.75 Å². The molecule has 68 heavy (non-hydrogen) atoms. The van der Waals surface area contributed by atoms with E-state index in [-0.39, 0.29) is 17.9 Å². The third kappa shape index (κ3) is 6.06. The molecule has 10 aromatic rings. The summed E-state index contributed by atoms with van der Waals surface area (Å²) >= 11 is 0. The Morgan fingerprint density at radius 2 is 1.22 bits per heavy atom. The predicted octanol–water partition coefficient (Wildman–Crippen LogP) is 17.1. The highest BCUT2D eigenvalue weighted by Gasteiger charge is 2.40. The van der Waals surface area contributed by atoms with E-state index in [1.165, 1.54) is 71.2 Å². The molecule has 0 saturated carbocycles. The molecule has 14 rings (SSSR count). The molecule has 0 N–H and O–H groups in total. The van der Waals surface area contributed by atoms with Crippen LogP contribution in [0.4, 0.5) is 28.4 Å². The minimum absolute atomic E-state index is 0.101. The summed E-state index contributed by atoms with van der Waals surface area (Å²) < 4.78 is 14.4. The van der Waals surface area contributed by atoms with Gasteiger partial charge in [0.25, 0.3) is 0 Å². The smallest absolute Gasteiger partial charge is 0.158 e. The minimum Gasteiger partial charge on any atom is -0.482 e. The Labute approximate surface area is 396 Å². The van der Waals surface area contributed by atoms with Gasteiger partial charge in [-0.05, 0) is 107 Å². The minimum atomic E-state index is -0.101. The van der Waals surface area contributed by atoms with Crippen LogP contribution in [0.1, 0.15) is 65.5 Å². The number of nitrogens with zero attached hydrogens (tertiary/aromatic N) is 2. The molecule has 0 amide bonds. The number of hydrogen-bond donors (Lipinski definition) is 0. The number of aryl methyl sites for hydroxylation is 1. The quantitative estimate of drug-likeness (QED) is 0.142. The van der Waals surface area contributed by atoms with Gasteiger partial charge in [-0.3, -0.25) is 0 Å². The summed E-state index contributed by atoms with van der Waals surface area (Å²) in [5, 5.41) is 8.59. The van der Waals surface area contributed by atoms with Crippen LogP contribution < -0.4 is 14.5 Å². The highest BCUT2D eigenvalue weighted by molar-refractivity contribution is 6.28. The normalized spacial score (nSPS) is 18.3. The number of allylic oxidation sites excluding steroid dienone is 6. The summed E-state index contributed by atoms with van der Waals surface area (Å²) in [6.45, 7) is 0. The topological polar surface area (TPSA) is 28.9 Å². The molecule has 3 unspecified atom stereocenters. The van der Waals surface area contributed by atoms with Gasteiger partial charge >= 0.3 is 0 Å². The van der Waals surface area contributed by atoms with Crippen LogP contribution in [-0.2, 0) is 6.42 Å². The van der Waals surface area contributed by atoms with Gasteiger partial charge in [0, 0.05) is 56.1 Å². The standard InChI is InChI=1S/C64H48N2O2/c1-5-17-41(18-6-1)47-25-13-27-49-51-29-15-31-57(63(51)67-61(47)49)65(45-21-9-3-10-22-45)55-39-35-43-34-38-54-56(40-36-44-33-37-53(55)59(43)60(44)54)66(46-23-11-4-12-24-46)58-32-16-30-52-50-28-14-26-48(62(50)68-64(52)58)42-19-7-2-8-20-42/h1-11,14-23,26,28-40,47,50,62H,12-13,24-25,27H2. The molecule has 0 bridgehead atoms. The highest BCUT2D eigenvalue weighted by Crippen LogP contribution is 2.54. The monoisotopic (exact) mass is 876 g/mol. The maximum absolute atomic E-state index is 7.22. The van der Waals surface area contributed by atoms with Crippen LogP contribution in [0.2, 0.25) is 0 Å². The maximum atomic E-state index is 7.22. The molecule has 4 heteroatoms. The molecule has 326 valence electrons. The van der Waals surface area contributed by atoms with E-state index in [9.17, 15) is 0 Å². The van der Waals surface area contributed by atoms with E-state index in [0.717, 1.165) is 77.6 Å². The van der Waals surface area contributed by atoms with Gasteiger partial charge in [0.2, 0.25) is 0 Å². The summed E-state index contributed by atoms with van der Waals surface area (Å²) in [5.41, 5.74) is 14.0. The molecule has 0 radical (unpaired) electrons. The Kier molecular flexibility index (Phi) is 9.08. The van der Waals surface area contributed by atoms with Gasteiger partial charge < -0.3 is 19.0 Å². The van der Waals surface area contributed by atoms with E-state index in [2.05, 4.69) is 222 Å². The fraction of sp³-hybridized carbons (Fsp3) is 0.125. The number of rotatable bonds is 8. The Morgan fingerprint density at radius 3 is 1.97 bits per heavy atom. The molecule has 4 nitrogen and oxygen atoms in total. The Balaban J connectivity index is 0.951. The molecule has 3 aliphatic carbocycles. The summed E-state index contributed by atoms with van der Waals surface area (Å²) in [6, 6.07) is 64.5. The first-order chi connectivity index (χ1) is 33.8. The lowest BCUT2D eigenvalue weighted by Crippen LogP contribution is -2.22. The summed E-state index contributed by atoms with van der Waals surface area (Å²) in [4.78, 5) is 4.93. The lowest BCUT2D eigenvalue weighted by molar-refractivity contribution is 0.279. The molecular weight excluding hydrogens is 829 g/mol. The number of para-hydroxylation sites is 3. The van der Waals surface area contributed by atoms with Crippen LogP contribution in [0.25, 0.3) is 48.9 Å². The van der Waals surface area contributed by atoms with Gasteiger partial charge in [0.05, 0.1) is 22.7 Å². The number of anilines is 5. The van der Waals surface area contributed by atoms with Gasteiger partial charge in [-0.25, -0.2) is 0 Å². The summed E-state index contributed by atoms with van der Waals surface area (Å²) in [7, 11) is 0. The van der Waals surface area contributed by atoms with Crippen molar-refractivity contribution in [3.63, 3.8) is 0 Å². The van der Waals surface area contributed by atoms with Crippen molar-refractivity contribution in [2.45, 2.75) is 50.0 Å². The zero-order chi connectivity index (χ0) is 44.7. The van der Waals surface area contributed by atoms with Gasteiger partial charge in [-0.1, -0.05) is 170 Å². The van der Waals surface area contributed by atoms with E-state index in [0.29, 0.717) is 0 Å². The van der Waals surface area contributed by atoms with E-state index in [4.69, 9.17) is 9.15 Å². The van der Waals surface area contributed by atoms with Gasteiger partial charge in [-0.2, -0.15) is 0 Å². The average Bonchev–Trinajstić information content (AvgIpc) is 4.00. The molecule has 0 fully saturated rings. The number of ether oxygens (including phenoxy) is 1. The molecule has 1 aromatic heterocycles. The van der Waals surface area contributed by atoms with Crippen LogP contribution >= 0.6 is 0 Å². The molecule has 2 heterocycles. The summed E-state index contributed by atoms with van der Waals surface area (Å²) in [6.07, 6.45) is 18.6. The largest absolute Gasteiger partial charge is 0.482 e. The van der Waals surface area contributed by atoms with E-state index in [1.807, 2.05) is 0 Å². The van der Waals surface area contributed by atoms with Crippen LogP contribution in [0, 0.1) is 0 Å². The number of furan rings is 1. The number of fused-ring (bicyclic) bond motifs is 6. The fourth-order valence-corrected chi connectivity index (χ4v) is 12.1. The summed E-state index contributed by atoms with van der Waals surface area (Å²) in [5.74, 6) is 2.44. The number of hydrogen-bond acceptors (Lipinski definition) is 4. The van der Waals surface area contributed by atoms with Crippen molar-refractivity contribution in [2.75, 3.05) is 9.80 Å². The second-order valence-corrected chi connectivity index (χ2v) is 18.8. The second kappa shape index (κ2) is 15.8. The van der Waals surface area contributed by atoms with Crippen molar-refractivity contribution in [1.82, 2.24) is 0 Å². The molecule has 3 atom stereocenters. The van der Waals surface area contributed by atoms with E-state index < -0.39 is 0 Å². The van der Waals surface area contributed by atoms with E-state index >= 15 is 0 Å². The molecular formula is C64H48N2O2. The Bertz CT molecular complexity index is 3710. The lowest BCUT2D eigenvalue weighted by Gasteiger charge is -2.32. The van der Waals surface area contributed by atoms with Gasteiger partial charge in [-0.15, -0.1) is 0 Å². The van der Waals surface area contributed by atoms with E-state index in [1.54, 1.807) is 0 Å². The van der Waals surface area contributed by atoms with Crippen LogP contribution in [-0.4, -0.2) is 6.10 Å². The van der Waals surface area contributed by atoms with Crippen molar-refractivity contribution >= 4 is 77.3 Å². The van der Waals surface area contributed by atoms with Crippen molar-refractivity contribution in [1.29, 1.82) is 0 Å². The molecule has 1 aliphatic heterocycles. The maximum Gasteiger partial charge on any atom is 0.158 e. The lowest BCUT2D eigenvalue weighted by atomic mass is 9.83. The Morgan fingerprint density at radius 1 is 0.529 bits per heavy atom. The molecule has 4 aliphatic rings. The van der Waals surface area contributed by atoms with Crippen LogP contribution in [0.15, 0.2) is 222 Å². The van der Waals surface area contributed by atoms with Crippen molar-refractivity contribution in [2.24, 2.45) is 0 Å². The molecule has 0 spiro atoms. The predicted molar refractivity (Wildman–Crippen MR) is 282 cm³/mol. The van der Waals surface area contributed by atoms with Crippen molar-refractivity contribution < 1.29 is 9.15 Å². The number of benzene rings is 9. The third-order valence-electron chi connectivity index (χ3n) is 15.1. The van der Waals surface area contributed by atoms with Crippen LogP contribution in [0.3, 0.4) is 0 Å². The molecule has 9 aromatic carbocycles. The van der Waals surface area contributed by atoms with Crippen molar-refractivity contribution in [3.05, 3.63) is 246 Å². The fourth-order valence-electron chi connectivity index (χ4n) is 12.1. The first kappa shape index (κ1) is 39.1. The molecule has 0 saturated heterocycles. The zero-order valence-corrected chi connectivity index (χ0v) is 37.7. The zero-order valence-electron chi connectivity index (χ0n) is 37.7. The average molecular weight is 877 g/mol. The van der Waals surface area contributed by atoms with Gasteiger partial charge in [0.15, 0.2) is 5.58 Å². The first-order valence-corrected chi connectivity index (χ1v) is 24.3. The Hall–Kier alpha value is -8.08.